The van der Waals surface area contributed by atoms with Gasteiger partial charge in [0.25, 0.3) is 15.9 Å². The van der Waals surface area contributed by atoms with Crippen molar-refractivity contribution >= 4 is 21.6 Å². The van der Waals surface area contributed by atoms with E-state index in [1.165, 1.54) is 21.9 Å². The average molecular weight is 525 g/mol. The molecule has 0 saturated carbocycles. The molecule has 5 rings (SSSR count). The molecule has 5 nitrogen and oxygen atoms in total. The summed E-state index contributed by atoms with van der Waals surface area (Å²) in [5.41, 5.74) is 6.23. The van der Waals surface area contributed by atoms with Crippen molar-refractivity contribution in [1.82, 2.24) is 5.32 Å². The van der Waals surface area contributed by atoms with Crippen molar-refractivity contribution in [2.24, 2.45) is 0 Å². The fraction of sp³-hybridized carbons (Fsp3) is 0.219. The third-order valence-corrected chi connectivity index (χ3v) is 8.94. The normalized spacial score (nSPS) is 13.5. The largest absolute Gasteiger partial charge is 0.345 e. The number of sulfonamides is 1. The molecule has 0 radical (unpaired) electrons. The lowest BCUT2D eigenvalue weighted by Crippen LogP contribution is -2.34. The Bertz CT molecular complexity index is 1550. The summed E-state index contributed by atoms with van der Waals surface area (Å²) in [6, 6.07) is 29.3. The van der Waals surface area contributed by atoms with Crippen LogP contribution in [-0.2, 0) is 29.4 Å². The Morgan fingerprint density at radius 2 is 1.55 bits per heavy atom. The number of carbonyl (C=O) groups is 1. The molecule has 1 aliphatic rings. The Morgan fingerprint density at radius 3 is 2.32 bits per heavy atom. The topological polar surface area (TPSA) is 66.5 Å². The molecule has 0 unspecified atom stereocenters. The summed E-state index contributed by atoms with van der Waals surface area (Å²) < 4.78 is 29.3. The Balaban J connectivity index is 1.50. The first-order valence-corrected chi connectivity index (χ1v) is 14.4. The number of hydrogen-bond donors (Lipinski definition) is 1. The lowest BCUT2D eigenvalue weighted by molar-refractivity contribution is 0.0940. The van der Waals surface area contributed by atoms with Crippen LogP contribution in [0.25, 0.3) is 0 Å². The highest BCUT2D eigenvalue weighted by Crippen LogP contribution is 2.30. The van der Waals surface area contributed by atoms with Gasteiger partial charge in [-0.25, -0.2) is 8.42 Å². The molecule has 0 aromatic heterocycles. The second-order valence-electron chi connectivity index (χ2n) is 9.90. The van der Waals surface area contributed by atoms with Crippen LogP contribution >= 0.6 is 0 Å². The summed E-state index contributed by atoms with van der Waals surface area (Å²) in [6.07, 6.45) is 3.34. The van der Waals surface area contributed by atoms with Crippen LogP contribution in [0.1, 0.15) is 57.6 Å². The van der Waals surface area contributed by atoms with Crippen LogP contribution in [0.15, 0.2) is 102 Å². The molecule has 1 N–H and O–H groups in total. The van der Waals surface area contributed by atoms with Gasteiger partial charge in [0.2, 0.25) is 0 Å². The molecule has 0 saturated heterocycles. The number of anilines is 1. The van der Waals surface area contributed by atoms with Crippen molar-refractivity contribution in [1.29, 1.82) is 0 Å². The summed E-state index contributed by atoms with van der Waals surface area (Å²) in [5, 5.41) is 3.10. The van der Waals surface area contributed by atoms with Crippen molar-refractivity contribution in [2.75, 3.05) is 4.31 Å². The fourth-order valence-corrected chi connectivity index (χ4v) is 6.46. The van der Waals surface area contributed by atoms with Crippen molar-refractivity contribution in [3.05, 3.63) is 130 Å². The summed E-state index contributed by atoms with van der Waals surface area (Å²) in [7, 11) is -3.96. The van der Waals surface area contributed by atoms with E-state index in [0.717, 1.165) is 29.5 Å². The van der Waals surface area contributed by atoms with Gasteiger partial charge in [-0.15, -0.1) is 0 Å². The zero-order valence-electron chi connectivity index (χ0n) is 21.7. The maximum Gasteiger partial charge on any atom is 0.264 e. The molecule has 0 bridgehead atoms. The lowest BCUT2D eigenvalue weighted by atomic mass is 10.0. The first-order valence-electron chi connectivity index (χ1n) is 13.0. The minimum Gasteiger partial charge on any atom is -0.345 e. The van der Waals surface area contributed by atoms with Gasteiger partial charge in [0, 0.05) is 0 Å². The first-order chi connectivity index (χ1) is 18.3. The SMILES string of the molecule is Cc1ccc(S(=O)(=O)N(Cc2ccccc2)c2ccccc2C(=O)N[C@H](C)c2ccc3c(c2)CCC3)cc1. The molecule has 0 aliphatic heterocycles. The highest BCUT2D eigenvalue weighted by Gasteiger charge is 2.29. The van der Waals surface area contributed by atoms with Crippen molar-refractivity contribution in [3.8, 4) is 0 Å². The molecular weight excluding hydrogens is 492 g/mol. The lowest BCUT2D eigenvalue weighted by Gasteiger charge is -2.27. The van der Waals surface area contributed by atoms with E-state index < -0.39 is 10.0 Å². The minimum absolute atomic E-state index is 0.0989. The summed E-state index contributed by atoms with van der Waals surface area (Å²) in [5.74, 6) is -0.314. The fourth-order valence-electron chi connectivity index (χ4n) is 4.99. The number of aryl methyl sites for hydroxylation is 3. The number of nitrogens with one attached hydrogen (secondary N) is 1. The number of benzene rings is 4. The summed E-state index contributed by atoms with van der Waals surface area (Å²) in [6.45, 7) is 3.98. The number of amides is 1. The van der Waals surface area contributed by atoms with Crippen molar-refractivity contribution < 1.29 is 13.2 Å². The van der Waals surface area contributed by atoms with Gasteiger partial charge in [-0.3, -0.25) is 9.10 Å². The van der Waals surface area contributed by atoms with E-state index in [4.69, 9.17) is 0 Å². The van der Waals surface area contributed by atoms with Gasteiger partial charge in [-0.1, -0.05) is 78.4 Å². The summed E-state index contributed by atoms with van der Waals surface area (Å²) >= 11 is 0. The number of fused-ring (bicyclic) bond motifs is 1. The van der Waals surface area contributed by atoms with Gasteiger partial charge in [0.05, 0.1) is 28.7 Å². The van der Waals surface area contributed by atoms with Crippen LogP contribution in [-0.4, -0.2) is 14.3 Å². The van der Waals surface area contributed by atoms with Crippen LogP contribution in [0, 0.1) is 6.92 Å². The molecule has 0 fully saturated rings. The highest BCUT2D eigenvalue weighted by atomic mass is 32.2. The third-order valence-electron chi connectivity index (χ3n) is 7.17. The van der Waals surface area contributed by atoms with Gasteiger partial charge in [0.1, 0.15) is 0 Å². The molecule has 6 heteroatoms. The molecule has 4 aromatic rings. The molecule has 1 aliphatic carbocycles. The Kier molecular flexibility index (Phi) is 7.34. The van der Waals surface area contributed by atoms with Crippen LogP contribution in [0.5, 0.6) is 0 Å². The predicted octanol–water partition coefficient (Wildman–Crippen LogP) is 6.37. The zero-order valence-corrected chi connectivity index (χ0v) is 22.5. The van der Waals surface area contributed by atoms with Gasteiger partial charge in [-0.2, -0.15) is 0 Å². The summed E-state index contributed by atoms with van der Waals surface area (Å²) in [4.78, 5) is 13.8. The molecule has 1 amide bonds. The van der Waals surface area contributed by atoms with E-state index in [-0.39, 0.29) is 23.4 Å². The van der Waals surface area contributed by atoms with E-state index in [2.05, 4.69) is 23.5 Å². The highest BCUT2D eigenvalue weighted by molar-refractivity contribution is 7.92. The van der Waals surface area contributed by atoms with Crippen molar-refractivity contribution in [2.45, 2.75) is 50.6 Å². The molecular formula is C32H32N2O3S. The number of rotatable bonds is 8. The molecule has 4 aromatic carbocycles. The third kappa shape index (κ3) is 5.36. The molecule has 0 spiro atoms. The van der Waals surface area contributed by atoms with Crippen LogP contribution in [0.4, 0.5) is 5.69 Å². The number of hydrogen-bond acceptors (Lipinski definition) is 3. The maximum absolute atomic E-state index is 14.0. The number of carbonyl (C=O) groups excluding carboxylic acids is 1. The number of para-hydroxylation sites is 1. The average Bonchev–Trinajstić information content (AvgIpc) is 3.40. The monoisotopic (exact) mass is 524 g/mol. The van der Waals surface area contributed by atoms with Crippen LogP contribution in [0.3, 0.4) is 0 Å². The molecule has 1 atom stereocenters. The van der Waals surface area contributed by atoms with E-state index in [9.17, 15) is 13.2 Å². The molecule has 194 valence electrons. The Morgan fingerprint density at radius 1 is 0.868 bits per heavy atom. The quantitative estimate of drug-likeness (QED) is 0.291. The van der Waals surface area contributed by atoms with E-state index in [0.29, 0.717) is 11.3 Å². The second-order valence-corrected chi connectivity index (χ2v) is 11.8. The molecule has 38 heavy (non-hydrogen) atoms. The van der Waals surface area contributed by atoms with E-state index in [1.54, 1.807) is 48.5 Å². The van der Waals surface area contributed by atoms with Crippen molar-refractivity contribution in [3.63, 3.8) is 0 Å². The van der Waals surface area contributed by atoms with Gasteiger partial charge >= 0.3 is 0 Å². The molecule has 0 heterocycles. The maximum atomic E-state index is 14.0. The first kappa shape index (κ1) is 25.7. The van der Waals surface area contributed by atoms with E-state index >= 15 is 0 Å². The smallest absolute Gasteiger partial charge is 0.264 e. The standard InChI is InChI=1S/C32H32N2O3S/c1-23-15-19-29(20-16-23)38(36,37)34(22-25-9-4-3-5-10-25)31-14-7-6-13-30(31)32(35)33-24(2)27-18-17-26-11-8-12-28(26)21-27/h3-7,9-10,13-21,24H,8,11-12,22H2,1-2H3,(H,33,35)/t24-/m1/s1. The minimum atomic E-state index is -3.96. The zero-order chi connectivity index (χ0) is 26.7. The van der Waals surface area contributed by atoms with Gasteiger partial charge < -0.3 is 5.32 Å². The number of nitrogens with zero attached hydrogens (tertiary/aromatic N) is 1. The Hall–Kier alpha value is -3.90. The predicted molar refractivity (Wildman–Crippen MR) is 152 cm³/mol. The second kappa shape index (κ2) is 10.8. The van der Waals surface area contributed by atoms with Gasteiger partial charge in [-0.05, 0) is 79.6 Å². The van der Waals surface area contributed by atoms with Gasteiger partial charge in [0.15, 0.2) is 0 Å². The van der Waals surface area contributed by atoms with Crippen LogP contribution in [0.2, 0.25) is 0 Å². The Labute approximate surface area is 225 Å². The van der Waals surface area contributed by atoms with Crippen LogP contribution < -0.4 is 9.62 Å². The van der Waals surface area contributed by atoms with E-state index in [1.807, 2.05) is 44.2 Å².